The molecule has 0 spiro atoms. The first kappa shape index (κ1) is 10.8. The van der Waals surface area contributed by atoms with Crippen molar-refractivity contribution in [1.82, 2.24) is 10.2 Å². The molecule has 0 aromatic carbocycles. The monoisotopic (exact) mass is 236 g/mol. The molecular formula is C13H20N2S. The van der Waals surface area contributed by atoms with E-state index in [4.69, 9.17) is 0 Å². The van der Waals surface area contributed by atoms with Gasteiger partial charge in [0.25, 0.3) is 0 Å². The lowest BCUT2D eigenvalue weighted by Crippen LogP contribution is -2.43. The third-order valence-corrected chi connectivity index (χ3v) is 4.90. The lowest BCUT2D eigenvalue weighted by molar-refractivity contribution is 0.171. The van der Waals surface area contributed by atoms with E-state index < -0.39 is 0 Å². The first-order valence-electron chi connectivity index (χ1n) is 6.43. The van der Waals surface area contributed by atoms with Crippen LogP contribution in [0.2, 0.25) is 0 Å². The quantitative estimate of drug-likeness (QED) is 0.804. The van der Waals surface area contributed by atoms with Crippen molar-refractivity contribution in [2.45, 2.75) is 38.3 Å². The highest BCUT2D eigenvalue weighted by Crippen LogP contribution is 2.26. The van der Waals surface area contributed by atoms with Crippen molar-refractivity contribution in [3.63, 3.8) is 0 Å². The molecule has 1 aromatic heterocycles. The van der Waals surface area contributed by atoms with Crippen LogP contribution in [-0.4, -0.2) is 30.6 Å². The van der Waals surface area contributed by atoms with Gasteiger partial charge in [-0.05, 0) is 42.8 Å². The molecule has 3 heteroatoms. The number of nitrogens with zero attached hydrogens (tertiary/aromatic N) is 1. The van der Waals surface area contributed by atoms with Crippen LogP contribution in [0.25, 0.3) is 0 Å². The van der Waals surface area contributed by atoms with Crippen molar-refractivity contribution in [3.05, 3.63) is 21.9 Å². The van der Waals surface area contributed by atoms with Gasteiger partial charge in [0.1, 0.15) is 0 Å². The summed E-state index contributed by atoms with van der Waals surface area (Å²) in [4.78, 5) is 4.31. The summed E-state index contributed by atoms with van der Waals surface area (Å²) in [6.45, 7) is 4.86. The van der Waals surface area contributed by atoms with Gasteiger partial charge in [0, 0.05) is 30.6 Å². The Morgan fingerprint density at radius 3 is 3.38 bits per heavy atom. The number of hydrogen-bond acceptors (Lipinski definition) is 3. The molecule has 1 atom stereocenters. The molecule has 0 amide bonds. The Labute approximate surface area is 102 Å². The molecule has 0 radical (unpaired) electrons. The highest BCUT2D eigenvalue weighted by molar-refractivity contribution is 7.10. The van der Waals surface area contributed by atoms with Crippen LogP contribution in [0.1, 0.15) is 29.7 Å². The van der Waals surface area contributed by atoms with Crippen LogP contribution in [0, 0.1) is 0 Å². The van der Waals surface area contributed by atoms with Crippen LogP contribution in [0.3, 0.4) is 0 Å². The molecule has 0 aliphatic carbocycles. The lowest BCUT2D eigenvalue weighted by Gasteiger charge is -2.34. The van der Waals surface area contributed by atoms with Gasteiger partial charge in [-0.2, -0.15) is 0 Å². The van der Waals surface area contributed by atoms with Crippen LogP contribution in [0.5, 0.6) is 0 Å². The summed E-state index contributed by atoms with van der Waals surface area (Å²) in [6.07, 6.45) is 5.40. The van der Waals surface area contributed by atoms with Gasteiger partial charge in [0.15, 0.2) is 0 Å². The van der Waals surface area contributed by atoms with E-state index in [1.165, 1.54) is 51.9 Å². The third kappa shape index (κ3) is 2.17. The van der Waals surface area contributed by atoms with E-state index in [1.54, 1.807) is 10.4 Å². The molecule has 1 aromatic rings. The molecule has 3 rings (SSSR count). The molecule has 2 nitrogen and oxygen atoms in total. The number of nitrogens with one attached hydrogen (secondary N) is 1. The minimum Gasteiger partial charge on any atom is -0.315 e. The van der Waals surface area contributed by atoms with Gasteiger partial charge in [-0.3, -0.25) is 4.90 Å². The van der Waals surface area contributed by atoms with Crippen LogP contribution in [0.15, 0.2) is 11.4 Å². The molecule has 16 heavy (non-hydrogen) atoms. The fourth-order valence-electron chi connectivity index (χ4n) is 2.89. The normalized spacial score (nSPS) is 27.4. The first-order chi connectivity index (χ1) is 7.93. The Morgan fingerprint density at radius 2 is 2.38 bits per heavy atom. The first-order valence-corrected chi connectivity index (χ1v) is 7.31. The van der Waals surface area contributed by atoms with Gasteiger partial charge in [-0.15, -0.1) is 11.3 Å². The second-order valence-electron chi connectivity index (χ2n) is 4.94. The second-order valence-corrected chi connectivity index (χ2v) is 5.94. The molecule has 1 saturated heterocycles. The van der Waals surface area contributed by atoms with Crippen LogP contribution < -0.4 is 5.32 Å². The van der Waals surface area contributed by atoms with Gasteiger partial charge in [0.05, 0.1) is 0 Å². The maximum atomic E-state index is 3.57. The molecule has 1 fully saturated rings. The highest BCUT2D eigenvalue weighted by Gasteiger charge is 2.24. The number of fused-ring (bicyclic) bond motifs is 1. The zero-order valence-electron chi connectivity index (χ0n) is 9.74. The molecule has 3 heterocycles. The molecule has 2 aliphatic rings. The summed E-state index contributed by atoms with van der Waals surface area (Å²) in [7, 11) is 0. The molecule has 2 aliphatic heterocycles. The van der Waals surface area contributed by atoms with Crippen LogP contribution in [0.4, 0.5) is 0 Å². The summed E-state index contributed by atoms with van der Waals surface area (Å²) in [5.41, 5.74) is 1.58. The topological polar surface area (TPSA) is 15.3 Å². The van der Waals surface area contributed by atoms with Crippen molar-refractivity contribution in [1.29, 1.82) is 0 Å². The van der Waals surface area contributed by atoms with Crippen molar-refractivity contribution >= 4 is 11.3 Å². The third-order valence-electron chi connectivity index (χ3n) is 3.87. The van der Waals surface area contributed by atoms with Gasteiger partial charge < -0.3 is 5.32 Å². The van der Waals surface area contributed by atoms with Crippen molar-refractivity contribution in [2.24, 2.45) is 0 Å². The minimum atomic E-state index is 0.774. The Balaban J connectivity index is 1.68. The zero-order chi connectivity index (χ0) is 10.8. The Morgan fingerprint density at radius 1 is 1.38 bits per heavy atom. The van der Waals surface area contributed by atoms with Crippen molar-refractivity contribution < 1.29 is 0 Å². The predicted octanol–water partition coefficient (Wildman–Crippen LogP) is 2.25. The fraction of sp³-hybridized carbons (Fsp3) is 0.692. The summed E-state index contributed by atoms with van der Waals surface area (Å²) >= 11 is 1.94. The van der Waals surface area contributed by atoms with E-state index >= 15 is 0 Å². The second kappa shape index (κ2) is 4.86. The van der Waals surface area contributed by atoms with Crippen LogP contribution in [-0.2, 0) is 13.0 Å². The van der Waals surface area contributed by atoms with Gasteiger partial charge in [-0.1, -0.05) is 6.42 Å². The molecular weight excluding hydrogens is 216 g/mol. The summed E-state index contributed by atoms with van der Waals surface area (Å²) in [6, 6.07) is 3.09. The maximum absolute atomic E-state index is 3.57. The van der Waals surface area contributed by atoms with Crippen molar-refractivity contribution in [3.8, 4) is 0 Å². The largest absolute Gasteiger partial charge is 0.315 e. The van der Waals surface area contributed by atoms with Crippen molar-refractivity contribution in [2.75, 3.05) is 19.6 Å². The van der Waals surface area contributed by atoms with E-state index in [0.717, 1.165) is 6.04 Å². The Bertz CT molecular complexity index is 339. The van der Waals surface area contributed by atoms with E-state index in [1.807, 2.05) is 11.3 Å². The minimum absolute atomic E-state index is 0.774. The standard InChI is InChI=1S/C13H20N2S/c1-2-6-14-9-12(3-1)15-7-4-13-11(10-15)5-8-16-13/h5,8,12,14H,1-4,6-7,9-10H2. The van der Waals surface area contributed by atoms with Gasteiger partial charge >= 0.3 is 0 Å². The average Bonchev–Trinajstić information content (AvgIpc) is 2.61. The fourth-order valence-corrected chi connectivity index (χ4v) is 3.78. The highest BCUT2D eigenvalue weighted by atomic mass is 32.1. The van der Waals surface area contributed by atoms with E-state index in [2.05, 4.69) is 21.7 Å². The lowest BCUT2D eigenvalue weighted by atomic mass is 10.0. The Kier molecular flexibility index (Phi) is 3.27. The summed E-state index contributed by atoms with van der Waals surface area (Å²) < 4.78 is 0. The molecule has 1 N–H and O–H groups in total. The van der Waals surface area contributed by atoms with Gasteiger partial charge in [0.2, 0.25) is 0 Å². The molecule has 1 unspecified atom stereocenters. The Hall–Kier alpha value is -0.380. The molecule has 88 valence electrons. The number of rotatable bonds is 1. The maximum Gasteiger partial charge on any atom is 0.0248 e. The predicted molar refractivity (Wildman–Crippen MR) is 68.9 cm³/mol. The van der Waals surface area contributed by atoms with E-state index in [-0.39, 0.29) is 0 Å². The SMILES string of the molecule is c1cc2c(s1)CCN(C1CCCCNC1)C2. The average molecular weight is 236 g/mol. The van der Waals surface area contributed by atoms with E-state index in [9.17, 15) is 0 Å². The van der Waals surface area contributed by atoms with E-state index in [0.29, 0.717) is 0 Å². The molecule has 0 bridgehead atoms. The van der Waals surface area contributed by atoms with Gasteiger partial charge in [-0.25, -0.2) is 0 Å². The zero-order valence-corrected chi connectivity index (χ0v) is 10.6. The number of thiophene rings is 1. The molecule has 0 saturated carbocycles. The van der Waals surface area contributed by atoms with Crippen LogP contribution >= 0.6 is 11.3 Å². The summed E-state index contributed by atoms with van der Waals surface area (Å²) in [5, 5.41) is 5.82. The smallest absolute Gasteiger partial charge is 0.0248 e. The summed E-state index contributed by atoms with van der Waals surface area (Å²) in [5.74, 6) is 0. The number of hydrogen-bond donors (Lipinski definition) is 1.